The van der Waals surface area contributed by atoms with Crippen molar-refractivity contribution in [3.8, 4) is 11.3 Å². The van der Waals surface area contributed by atoms with Gasteiger partial charge in [-0.3, -0.25) is 9.59 Å². The standard InChI is InChI=1S/C28H33F2N5O4S/c1-17-7-10-21(11-8-17)40(38,39)34-28(27(31)37,15-25(36)35-13-5-4-6-18(35)2)19(3)26-32-16-24(33-26)22-12-9-20(29)14-23(22)30/h7-12,14,16,18-19,34H,4-6,13,15H2,1-3H3,(H2,31,37)(H,32,33)/t18-,19+,28?/m0/s1. The van der Waals surface area contributed by atoms with Gasteiger partial charge in [-0.2, -0.15) is 4.72 Å². The number of nitrogens with two attached hydrogens (primary N) is 1. The van der Waals surface area contributed by atoms with E-state index in [1.165, 1.54) is 31.3 Å². The van der Waals surface area contributed by atoms with Crippen molar-refractivity contribution in [2.24, 2.45) is 5.73 Å². The molecule has 12 heteroatoms. The van der Waals surface area contributed by atoms with E-state index in [2.05, 4.69) is 14.7 Å². The molecule has 0 spiro atoms. The third-order valence-corrected chi connectivity index (χ3v) is 9.13. The lowest BCUT2D eigenvalue weighted by atomic mass is 9.81. The van der Waals surface area contributed by atoms with E-state index in [1.54, 1.807) is 24.0 Å². The molecule has 1 aliphatic heterocycles. The highest BCUT2D eigenvalue weighted by Gasteiger charge is 2.50. The summed E-state index contributed by atoms with van der Waals surface area (Å²) in [5.41, 5.74) is 4.81. The Morgan fingerprint density at radius 3 is 2.52 bits per heavy atom. The highest BCUT2D eigenvalue weighted by atomic mass is 32.2. The van der Waals surface area contributed by atoms with Crippen LogP contribution in [0.1, 0.15) is 56.8 Å². The largest absolute Gasteiger partial charge is 0.368 e. The van der Waals surface area contributed by atoms with E-state index in [1.807, 2.05) is 6.92 Å². The number of aromatic amines is 1. The van der Waals surface area contributed by atoms with Crippen LogP contribution in [-0.2, 0) is 19.6 Å². The van der Waals surface area contributed by atoms with Crippen LogP contribution in [0, 0.1) is 18.6 Å². The fraction of sp³-hybridized carbons (Fsp3) is 0.393. The number of hydrogen-bond donors (Lipinski definition) is 3. The quantitative estimate of drug-likeness (QED) is 0.358. The van der Waals surface area contributed by atoms with Crippen molar-refractivity contribution in [3.05, 3.63) is 71.7 Å². The Kier molecular flexibility index (Phi) is 8.41. The molecule has 1 aliphatic rings. The number of imidazole rings is 1. The third-order valence-electron chi connectivity index (χ3n) is 7.61. The summed E-state index contributed by atoms with van der Waals surface area (Å²) in [7, 11) is -4.34. The van der Waals surface area contributed by atoms with Gasteiger partial charge >= 0.3 is 0 Å². The number of nitrogens with zero attached hydrogens (tertiary/aromatic N) is 2. The Bertz CT molecular complexity index is 1510. The molecule has 3 aromatic rings. The number of piperidine rings is 1. The lowest BCUT2D eigenvalue weighted by molar-refractivity contribution is -0.139. The number of halogens is 2. The van der Waals surface area contributed by atoms with Crippen molar-refractivity contribution in [1.29, 1.82) is 0 Å². The average molecular weight is 574 g/mol. The fourth-order valence-electron chi connectivity index (χ4n) is 5.09. The minimum Gasteiger partial charge on any atom is -0.368 e. The monoisotopic (exact) mass is 573 g/mol. The molecular formula is C28H33F2N5O4S. The number of hydrogen-bond acceptors (Lipinski definition) is 5. The van der Waals surface area contributed by atoms with Gasteiger partial charge in [0.15, 0.2) is 0 Å². The molecule has 0 radical (unpaired) electrons. The van der Waals surface area contributed by atoms with Gasteiger partial charge in [0.1, 0.15) is 23.0 Å². The van der Waals surface area contributed by atoms with Crippen LogP contribution in [-0.4, -0.2) is 53.2 Å². The van der Waals surface area contributed by atoms with E-state index in [4.69, 9.17) is 5.73 Å². The van der Waals surface area contributed by atoms with Gasteiger partial charge in [-0.05, 0) is 57.4 Å². The van der Waals surface area contributed by atoms with Crippen molar-refractivity contribution in [3.63, 3.8) is 0 Å². The number of amides is 2. The van der Waals surface area contributed by atoms with Crippen molar-refractivity contribution in [2.75, 3.05) is 6.54 Å². The summed E-state index contributed by atoms with van der Waals surface area (Å²) in [5.74, 6) is -4.09. The molecule has 2 amide bonds. The molecule has 4 N–H and O–H groups in total. The molecular weight excluding hydrogens is 540 g/mol. The molecule has 1 fully saturated rings. The van der Waals surface area contributed by atoms with E-state index >= 15 is 0 Å². The number of H-pyrrole nitrogens is 1. The molecule has 2 aromatic carbocycles. The van der Waals surface area contributed by atoms with E-state index < -0.39 is 51.3 Å². The first kappa shape index (κ1) is 29.3. The molecule has 1 saturated heterocycles. The van der Waals surface area contributed by atoms with E-state index in [0.29, 0.717) is 6.54 Å². The lowest BCUT2D eigenvalue weighted by Crippen LogP contribution is -2.63. The number of benzene rings is 2. The second-order valence-corrected chi connectivity index (χ2v) is 12.1. The normalized spacial score (nSPS) is 18.2. The van der Waals surface area contributed by atoms with Gasteiger partial charge in [-0.15, -0.1) is 0 Å². The van der Waals surface area contributed by atoms with Gasteiger partial charge in [0.05, 0.1) is 23.2 Å². The Hall–Kier alpha value is -3.64. The Balaban J connectivity index is 1.78. The lowest BCUT2D eigenvalue weighted by Gasteiger charge is -2.39. The zero-order valence-corrected chi connectivity index (χ0v) is 23.4. The topological polar surface area (TPSA) is 138 Å². The number of likely N-dealkylation sites (tertiary alicyclic amines) is 1. The molecule has 9 nitrogen and oxygen atoms in total. The van der Waals surface area contributed by atoms with Crippen molar-refractivity contribution in [2.45, 2.75) is 68.8 Å². The highest BCUT2D eigenvalue weighted by molar-refractivity contribution is 7.89. The van der Waals surface area contributed by atoms with Gasteiger partial charge in [0.25, 0.3) is 0 Å². The van der Waals surface area contributed by atoms with Crippen molar-refractivity contribution in [1.82, 2.24) is 19.6 Å². The first-order chi connectivity index (χ1) is 18.8. The summed E-state index contributed by atoms with van der Waals surface area (Å²) < 4.78 is 57.5. The second-order valence-electron chi connectivity index (χ2n) is 10.4. The van der Waals surface area contributed by atoms with Crippen LogP contribution >= 0.6 is 0 Å². The van der Waals surface area contributed by atoms with Crippen molar-refractivity contribution >= 4 is 21.8 Å². The molecule has 1 unspecified atom stereocenters. The minimum absolute atomic E-state index is 0.0236. The minimum atomic E-state index is -4.34. The molecule has 0 saturated carbocycles. The summed E-state index contributed by atoms with van der Waals surface area (Å²) in [6.07, 6.45) is 3.26. The SMILES string of the molecule is Cc1ccc(S(=O)(=O)NC(CC(=O)N2CCCC[C@@H]2C)(C(N)=O)[C@H](C)c2ncc(-c3ccc(F)cc3F)[nH]2)cc1. The fourth-order valence-corrected chi connectivity index (χ4v) is 6.53. The van der Waals surface area contributed by atoms with Crippen LogP contribution in [0.15, 0.2) is 53.6 Å². The van der Waals surface area contributed by atoms with Gasteiger partial charge in [-0.1, -0.05) is 24.6 Å². The number of aryl methyl sites for hydroxylation is 1. The van der Waals surface area contributed by atoms with Crippen LogP contribution in [0.25, 0.3) is 11.3 Å². The number of aromatic nitrogens is 2. The van der Waals surface area contributed by atoms with E-state index in [9.17, 15) is 26.8 Å². The second kappa shape index (κ2) is 11.5. The molecule has 2 heterocycles. The third kappa shape index (κ3) is 5.92. The van der Waals surface area contributed by atoms with Crippen LogP contribution in [0.5, 0.6) is 0 Å². The maximum Gasteiger partial charge on any atom is 0.241 e. The van der Waals surface area contributed by atoms with E-state index in [-0.39, 0.29) is 28.0 Å². The van der Waals surface area contributed by atoms with Gasteiger partial charge in [-0.25, -0.2) is 22.2 Å². The Labute approximate surface area is 232 Å². The summed E-state index contributed by atoms with van der Waals surface area (Å²) in [6.45, 7) is 5.69. The zero-order chi connectivity index (χ0) is 29.2. The number of nitrogens with one attached hydrogen (secondary N) is 2. The van der Waals surface area contributed by atoms with Gasteiger partial charge in [0, 0.05) is 30.1 Å². The zero-order valence-electron chi connectivity index (χ0n) is 22.6. The predicted octanol–water partition coefficient (Wildman–Crippen LogP) is 3.76. The summed E-state index contributed by atoms with van der Waals surface area (Å²) in [6, 6.07) is 8.96. The number of carbonyl (C=O) groups is 2. The number of sulfonamides is 1. The first-order valence-corrected chi connectivity index (χ1v) is 14.5. The first-order valence-electron chi connectivity index (χ1n) is 13.0. The van der Waals surface area contributed by atoms with Crippen LogP contribution in [0.3, 0.4) is 0 Å². The summed E-state index contributed by atoms with van der Waals surface area (Å²) in [5, 5.41) is 0. The van der Waals surface area contributed by atoms with E-state index in [0.717, 1.165) is 37.0 Å². The molecule has 4 rings (SSSR count). The number of rotatable bonds is 9. The summed E-state index contributed by atoms with van der Waals surface area (Å²) in [4.78, 5) is 35.6. The molecule has 3 atom stereocenters. The molecule has 0 bridgehead atoms. The molecule has 0 aliphatic carbocycles. The maximum absolute atomic E-state index is 14.5. The molecule has 40 heavy (non-hydrogen) atoms. The predicted molar refractivity (Wildman–Crippen MR) is 145 cm³/mol. The molecule has 1 aromatic heterocycles. The van der Waals surface area contributed by atoms with Crippen LogP contribution < -0.4 is 10.5 Å². The summed E-state index contributed by atoms with van der Waals surface area (Å²) >= 11 is 0. The Morgan fingerprint density at radius 1 is 1.20 bits per heavy atom. The molecule has 214 valence electrons. The average Bonchev–Trinajstić information content (AvgIpc) is 3.38. The van der Waals surface area contributed by atoms with Gasteiger partial charge in [0.2, 0.25) is 21.8 Å². The highest BCUT2D eigenvalue weighted by Crippen LogP contribution is 2.34. The Morgan fingerprint density at radius 2 is 1.90 bits per heavy atom. The smallest absolute Gasteiger partial charge is 0.241 e. The number of carbonyl (C=O) groups excluding carboxylic acids is 2. The van der Waals surface area contributed by atoms with Crippen LogP contribution in [0.2, 0.25) is 0 Å². The van der Waals surface area contributed by atoms with Gasteiger partial charge < -0.3 is 15.6 Å². The number of primary amides is 1. The van der Waals surface area contributed by atoms with Crippen LogP contribution in [0.4, 0.5) is 8.78 Å². The maximum atomic E-state index is 14.5. The van der Waals surface area contributed by atoms with Crippen molar-refractivity contribution < 1.29 is 26.8 Å².